The normalized spacial score (nSPS) is 19.3. The SMILES string of the molecule is COc1nc(N)nn2c([C@H]3CCN(S(C)(=O)=O)CC3(F)F)c(F)c(-c3ccc4nnn([C@@H](C)CF)c4c3)c12. The highest BCUT2D eigenvalue weighted by Gasteiger charge is 2.50. The molecule has 4 aromatic rings. The van der Waals surface area contributed by atoms with E-state index in [1.165, 1.54) is 23.9 Å². The lowest BCUT2D eigenvalue weighted by Gasteiger charge is -2.36. The van der Waals surface area contributed by atoms with Gasteiger partial charge < -0.3 is 10.5 Å². The molecule has 4 heterocycles. The minimum Gasteiger partial charge on any atom is -0.479 e. The number of aromatic nitrogens is 6. The van der Waals surface area contributed by atoms with Crippen molar-refractivity contribution in [1.29, 1.82) is 0 Å². The molecule has 0 bridgehead atoms. The number of piperidine rings is 1. The Kier molecular flexibility index (Phi) is 6.21. The maximum Gasteiger partial charge on any atom is 0.270 e. The predicted octanol–water partition coefficient (Wildman–Crippen LogP) is 2.79. The standard InChI is InChI=1S/C22H24F4N8O3S/c1-11(9-23)33-15-8-12(4-5-14(15)29-31-33)16-17(24)18(34-19(16)20(37-2)28-21(27)30-34)13-6-7-32(38(3,35)36)10-22(13,25)26/h4-5,8,11,13H,6-7,9-10H2,1-3H3,(H2,27,30)/t11-,13+/m0/s1. The van der Waals surface area contributed by atoms with Crippen LogP contribution in [0.2, 0.25) is 0 Å². The van der Waals surface area contributed by atoms with Crippen LogP contribution >= 0.6 is 0 Å². The first kappa shape index (κ1) is 26.1. The van der Waals surface area contributed by atoms with Gasteiger partial charge in [-0.25, -0.2) is 35.2 Å². The molecule has 38 heavy (non-hydrogen) atoms. The van der Waals surface area contributed by atoms with Crippen LogP contribution in [0.1, 0.15) is 31.0 Å². The van der Waals surface area contributed by atoms with Crippen molar-refractivity contribution in [2.45, 2.75) is 31.2 Å². The molecule has 0 saturated carbocycles. The van der Waals surface area contributed by atoms with Gasteiger partial charge >= 0.3 is 0 Å². The van der Waals surface area contributed by atoms with Gasteiger partial charge in [0, 0.05) is 6.54 Å². The van der Waals surface area contributed by atoms with Gasteiger partial charge in [-0.3, -0.25) is 0 Å². The van der Waals surface area contributed by atoms with E-state index in [0.29, 0.717) is 15.3 Å². The number of hydrogen-bond donors (Lipinski definition) is 1. The van der Waals surface area contributed by atoms with Crippen LogP contribution in [-0.4, -0.2) is 81.4 Å². The summed E-state index contributed by atoms with van der Waals surface area (Å²) in [7, 11) is -2.63. The van der Waals surface area contributed by atoms with Crippen LogP contribution in [0.15, 0.2) is 18.2 Å². The summed E-state index contributed by atoms with van der Waals surface area (Å²) in [6.45, 7) is -0.485. The highest BCUT2D eigenvalue weighted by molar-refractivity contribution is 7.88. The van der Waals surface area contributed by atoms with E-state index in [2.05, 4.69) is 20.4 Å². The van der Waals surface area contributed by atoms with E-state index in [1.807, 2.05) is 0 Å². The van der Waals surface area contributed by atoms with Crippen LogP contribution in [0.5, 0.6) is 5.88 Å². The van der Waals surface area contributed by atoms with E-state index in [4.69, 9.17) is 10.5 Å². The van der Waals surface area contributed by atoms with Crippen molar-refractivity contribution >= 4 is 32.5 Å². The monoisotopic (exact) mass is 556 g/mol. The predicted molar refractivity (Wildman–Crippen MR) is 130 cm³/mol. The Morgan fingerprint density at radius 1 is 1.32 bits per heavy atom. The minimum atomic E-state index is -3.89. The van der Waals surface area contributed by atoms with Crippen molar-refractivity contribution in [3.05, 3.63) is 29.7 Å². The average Bonchev–Trinajstić information content (AvgIpc) is 3.40. The lowest BCUT2D eigenvalue weighted by Crippen LogP contribution is -2.49. The topological polar surface area (TPSA) is 134 Å². The number of nitrogens with zero attached hydrogens (tertiary/aromatic N) is 7. The second-order valence-electron chi connectivity index (χ2n) is 9.25. The Hall–Kier alpha value is -3.53. The zero-order valence-electron chi connectivity index (χ0n) is 20.6. The fourth-order valence-corrected chi connectivity index (χ4v) is 5.70. The molecule has 204 valence electrons. The molecule has 5 rings (SSSR count). The first-order chi connectivity index (χ1) is 17.9. The first-order valence-corrected chi connectivity index (χ1v) is 13.4. The Morgan fingerprint density at radius 2 is 2.05 bits per heavy atom. The highest BCUT2D eigenvalue weighted by Crippen LogP contribution is 2.46. The molecule has 1 aromatic carbocycles. The number of nitrogens with two attached hydrogens (primary N) is 1. The van der Waals surface area contributed by atoms with Crippen LogP contribution in [0, 0.1) is 5.82 Å². The van der Waals surface area contributed by atoms with E-state index >= 15 is 13.2 Å². The number of methoxy groups -OCH3 is 1. The number of alkyl halides is 3. The summed E-state index contributed by atoms with van der Waals surface area (Å²) in [5, 5.41) is 12.0. The fourth-order valence-electron chi connectivity index (χ4n) is 4.85. The largest absolute Gasteiger partial charge is 0.479 e. The summed E-state index contributed by atoms with van der Waals surface area (Å²) >= 11 is 0. The van der Waals surface area contributed by atoms with Crippen molar-refractivity contribution in [3.63, 3.8) is 0 Å². The molecule has 1 aliphatic heterocycles. The Bertz CT molecular complexity index is 1660. The van der Waals surface area contributed by atoms with Crippen molar-refractivity contribution in [3.8, 4) is 17.0 Å². The van der Waals surface area contributed by atoms with Crippen LogP contribution in [-0.2, 0) is 10.0 Å². The van der Waals surface area contributed by atoms with Crippen molar-refractivity contribution in [2.75, 3.05) is 38.9 Å². The number of nitrogen functional groups attached to an aromatic ring is 1. The zero-order chi connectivity index (χ0) is 27.6. The maximum absolute atomic E-state index is 16.4. The molecule has 0 aliphatic carbocycles. The number of benzene rings is 1. The van der Waals surface area contributed by atoms with Crippen molar-refractivity contribution in [1.82, 2.24) is 33.9 Å². The Morgan fingerprint density at radius 3 is 2.68 bits per heavy atom. The van der Waals surface area contributed by atoms with Gasteiger partial charge in [-0.2, -0.15) is 9.29 Å². The summed E-state index contributed by atoms with van der Waals surface area (Å²) < 4.78 is 92.8. The first-order valence-electron chi connectivity index (χ1n) is 11.5. The molecule has 1 fully saturated rings. The molecular weight excluding hydrogens is 532 g/mol. The zero-order valence-corrected chi connectivity index (χ0v) is 21.4. The van der Waals surface area contributed by atoms with Crippen LogP contribution in [0.25, 0.3) is 27.7 Å². The van der Waals surface area contributed by atoms with E-state index in [9.17, 15) is 12.8 Å². The number of sulfonamides is 1. The highest BCUT2D eigenvalue weighted by atomic mass is 32.2. The van der Waals surface area contributed by atoms with E-state index < -0.39 is 52.6 Å². The van der Waals surface area contributed by atoms with Crippen molar-refractivity contribution in [2.24, 2.45) is 0 Å². The van der Waals surface area contributed by atoms with Crippen LogP contribution < -0.4 is 10.5 Å². The molecule has 0 radical (unpaired) electrons. The molecule has 11 nitrogen and oxygen atoms in total. The number of rotatable bonds is 6. The van der Waals surface area contributed by atoms with Gasteiger partial charge in [-0.15, -0.1) is 10.2 Å². The third-order valence-electron chi connectivity index (χ3n) is 6.70. The summed E-state index contributed by atoms with van der Waals surface area (Å²) in [5.41, 5.74) is 6.18. The molecule has 0 spiro atoms. The van der Waals surface area contributed by atoms with Gasteiger partial charge in [0.1, 0.15) is 17.7 Å². The molecular formula is C22H24F4N8O3S. The van der Waals surface area contributed by atoms with Gasteiger partial charge in [0.05, 0.1) is 48.6 Å². The third kappa shape index (κ3) is 4.11. The molecule has 16 heteroatoms. The number of ether oxygens (including phenoxy) is 1. The van der Waals surface area contributed by atoms with Gasteiger partial charge in [0.25, 0.3) is 5.92 Å². The molecule has 1 aliphatic rings. The van der Waals surface area contributed by atoms with Gasteiger partial charge in [0.15, 0.2) is 5.82 Å². The van der Waals surface area contributed by atoms with Crippen LogP contribution in [0.3, 0.4) is 0 Å². The number of anilines is 1. The van der Waals surface area contributed by atoms with E-state index in [1.54, 1.807) is 13.0 Å². The second-order valence-corrected chi connectivity index (χ2v) is 11.2. The van der Waals surface area contributed by atoms with E-state index in [-0.39, 0.29) is 41.4 Å². The quantitative estimate of drug-likeness (QED) is 0.359. The summed E-state index contributed by atoms with van der Waals surface area (Å²) in [5.74, 6) is -6.88. The average molecular weight is 557 g/mol. The molecule has 2 atom stereocenters. The second kappa shape index (κ2) is 9.04. The van der Waals surface area contributed by atoms with E-state index in [0.717, 1.165) is 10.8 Å². The van der Waals surface area contributed by atoms with Crippen LogP contribution in [0.4, 0.5) is 23.5 Å². The number of halogens is 4. The molecule has 0 amide bonds. The van der Waals surface area contributed by atoms with Gasteiger partial charge in [-0.05, 0) is 31.0 Å². The molecule has 0 unspecified atom stereocenters. The summed E-state index contributed by atoms with van der Waals surface area (Å²) in [6.07, 6.45) is 0.464. The van der Waals surface area contributed by atoms with Gasteiger partial charge in [0.2, 0.25) is 21.9 Å². The number of fused-ring (bicyclic) bond motifs is 2. The lowest BCUT2D eigenvalue weighted by molar-refractivity contribution is -0.0659. The number of hydrogen-bond acceptors (Lipinski definition) is 8. The Labute approximate surface area is 214 Å². The smallest absolute Gasteiger partial charge is 0.270 e. The Balaban J connectivity index is 1.76. The van der Waals surface area contributed by atoms with Gasteiger partial charge in [-0.1, -0.05) is 11.3 Å². The minimum absolute atomic E-state index is 0.0487. The lowest BCUT2D eigenvalue weighted by atomic mass is 9.90. The van der Waals surface area contributed by atoms with Crippen molar-refractivity contribution < 1.29 is 30.7 Å². The fraction of sp³-hybridized carbons (Fsp3) is 0.455. The molecule has 2 N–H and O–H groups in total. The maximum atomic E-state index is 16.4. The molecule has 1 saturated heterocycles. The molecule has 3 aromatic heterocycles. The summed E-state index contributed by atoms with van der Waals surface area (Å²) in [4.78, 5) is 4.00. The third-order valence-corrected chi connectivity index (χ3v) is 7.95. The summed E-state index contributed by atoms with van der Waals surface area (Å²) in [6, 6.07) is 3.93.